The molecule has 3 aromatic rings. The van der Waals surface area contributed by atoms with Crippen molar-refractivity contribution in [1.82, 2.24) is 0 Å². The van der Waals surface area contributed by atoms with Crippen molar-refractivity contribution >= 4 is 34.2 Å². The van der Waals surface area contributed by atoms with E-state index in [1.807, 2.05) is 36.4 Å². The van der Waals surface area contributed by atoms with Crippen molar-refractivity contribution in [3.63, 3.8) is 0 Å². The molecule has 152 valence electrons. The summed E-state index contributed by atoms with van der Waals surface area (Å²) in [6, 6.07) is 19.8. The van der Waals surface area contributed by atoms with Crippen molar-refractivity contribution in [3.8, 4) is 5.75 Å². The van der Waals surface area contributed by atoms with Crippen LogP contribution in [0.4, 0.5) is 5.69 Å². The number of carbonyl (C=O) groups is 3. The second-order valence-corrected chi connectivity index (χ2v) is 8.43. The van der Waals surface area contributed by atoms with Gasteiger partial charge in [-0.15, -0.1) is 0 Å². The lowest BCUT2D eigenvalue weighted by Gasteiger charge is -2.18. The van der Waals surface area contributed by atoms with Gasteiger partial charge in [-0.2, -0.15) is 0 Å². The van der Waals surface area contributed by atoms with Crippen LogP contribution < -0.4 is 9.64 Å². The molecule has 2 bridgehead atoms. The van der Waals surface area contributed by atoms with Crippen LogP contribution in [0.25, 0.3) is 10.8 Å². The fourth-order valence-corrected chi connectivity index (χ4v) is 5.37. The van der Waals surface area contributed by atoms with E-state index >= 15 is 0 Å². The molecule has 31 heavy (non-hydrogen) atoms. The van der Waals surface area contributed by atoms with Gasteiger partial charge in [0.1, 0.15) is 5.75 Å². The standard InChI is InChI=1S/C26H19NO4/c28-24-22-16-11-12-17(13-16)23(22)25(29)27(24)19-8-3-7-18(14-19)26(30)31-21-10-4-6-15-5-1-2-9-20(15)21/h1-12,14,16-17,22-23H,13H2/t16-,17-,22-,23-/m0/s1. The molecule has 2 amide bonds. The van der Waals surface area contributed by atoms with Crippen LogP contribution in [0.1, 0.15) is 16.8 Å². The van der Waals surface area contributed by atoms with Gasteiger partial charge in [0, 0.05) is 5.39 Å². The molecule has 4 atom stereocenters. The molecule has 3 aromatic carbocycles. The van der Waals surface area contributed by atoms with Crippen molar-refractivity contribution in [3.05, 3.63) is 84.4 Å². The molecule has 1 saturated carbocycles. The number of imide groups is 1. The number of fused-ring (bicyclic) bond motifs is 6. The maximum atomic E-state index is 13.1. The molecule has 0 aromatic heterocycles. The molecule has 0 spiro atoms. The number of hydrogen-bond acceptors (Lipinski definition) is 4. The molecule has 2 aliphatic carbocycles. The summed E-state index contributed by atoms with van der Waals surface area (Å²) < 4.78 is 5.67. The molecular formula is C26H19NO4. The van der Waals surface area contributed by atoms with E-state index in [4.69, 9.17) is 4.74 Å². The number of esters is 1. The summed E-state index contributed by atoms with van der Waals surface area (Å²) in [5.74, 6) is -0.620. The normalized spacial score (nSPS) is 26.0. The summed E-state index contributed by atoms with van der Waals surface area (Å²) in [5.41, 5.74) is 0.723. The third-order valence-electron chi connectivity index (χ3n) is 6.76. The third kappa shape index (κ3) is 2.66. The number of nitrogens with zero attached hydrogens (tertiary/aromatic N) is 1. The van der Waals surface area contributed by atoms with Crippen molar-refractivity contribution in [2.24, 2.45) is 23.7 Å². The quantitative estimate of drug-likeness (QED) is 0.279. The summed E-state index contributed by atoms with van der Waals surface area (Å²) in [7, 11) is 0. The molecule has 5 heteroatoms. The Labute approximate surface area is 178 Å². The zero-order valence-electron chi connectivity index (χ0n) is 16.6. The lowest BCUT2D eigenvalue weighted by molar-refractivity contribution is -0.123. The Morgan fingerprint density at radius 3 is 2.29 bits per heavy atom. The van der Waals surface area contributed by atoms with E-state index in [1.165, 1.54) is 4.90 Å². The Balaban J connectivity index is 1.29. The van der Waals surface area contributed by atoms with Crippen LogP contribution in [0.15, 0.2) is 78.9 Å². The summed E-state index contributed by atoms with van der Waals surface area (Å²) in [6.45, 7) is 0. The number of hydrogen-bond donors (Lipinski definition) is 0. The van der Waals surface area contributed by atoms with Gasteiger partial charge in [0.25, 0.3) is 0 Å². The highest BCUT2D eigenvalue weighted by atomic mass is 16.5. The predicted octanol–water partition coefficient (Wildman–Crippen LogP) is 4.37. The van der Waals surface area contributed by atoms with Gasteiger partial charge in [0.05, 0.1) is 23.1 Å². The highest BCUT2D eigenvalue weighted by molar-refractivity contribution is 6.23. The van der Waals surface area contributed by atoms with E-state index < -0.39 is 5.97 Å². The van der Waals surface area contributed by atoms with Crippen LogP contribution in [0.5, 0.6) is 5.75 Å². The molecule has 1 aliphatic heterocycles. The second kappa shape index (κ2) is 6.64. The molecule has 0 radical (unpaired) electrons. The first-order valence-electron chi connectivity index (χ1n) is 10.5. The number of carbonyl (C=O) groups excluding carboxylic acids is 3. The van der Waals surface area contributed by atoms with E-state index in [0.29, 0.717) is 17.0 Å². The molecular weight excluding hydrogens is 390 g/mol. The zero-order valence-corrected chi connectivity index (χ0v) is 16.6. The number of amides is 2. The van der Waals surface area contributed by atoms with E-state index in [2.05, 4.69) is 12.2 Å². The molecule has 0 unspecified atom stereocenters. The van der Waals surface area contributed by atoms with Gasteiger partial charge in [-0.1, -0.05) is 54.6 Å². The van der Waals surface area contributed by atoms with Gasteiger partial charge in [-0.05, 0) is 47.9 Å². The van der Waals surface area contributed by atoms with Crippen LogP contribution in [-0.4, -0.2) is 17.8 Å². The monoisotopic (exact) mass is 409 g/mol. The van der Waals surface area contributed by atoms with Crippen LogP contribution in [0.2, 0.25) is 0 Å². The fourth-order valence-electron chi connectivity index (χ4n) is 5.37. The Morgan fingerprint density at radius 1 is 0.839 bits per heavy atom. The number of anilines is 1. The first-order chi connectivity index (χ1) is 15.1. The van der Waals surface area contributed by atoms with Crippen LogP contribution >= 0.6 is 0 Å². The van der Waals surface area contributed by atoms with Crippen molar-refractivity contribution in [1.29, 1.82) is 0 Å². The Bertz CT molecular complexity index is 1260. The van der Waals surface area contributed by atoms with E-state index in [1.54, 1.807) is 30.3 Å². The van der Waals surface area contributed by atoms with Gasteiger partial charge in [0.15, 0.2) is 0 Å². The molecule has 6 rings (SSSR count). The van der Waals surface area contributed by atoms with Crippen LogP contribution in [0, 0.1) is 23.7 Å². The SMILES string of the molecule is O=C(Oc1cccc2ccccc12)c1cccc(N2C(=O)[C@@H]3[C@@H](C2=O)[C@H]2C=C[C@H]3C2)c1. The van der Waals surface area contributed by atoms with Gasteiger partial charge < -0.3 is 4.74 Å². The summed E-state index contributed by atoms with van der Waals surface area (Å²) in [5, 5.41) is 1.82. The Kier molecular flexibility index (Phi) is 3.87. The summed E-state index contributed by atoms with van der Waals surface area (Å²) in [6.07, 6.45) is 5.02. The van der Waals surface area contributed by atoms with Crippen molar-refractivity contribution < 1.29 is 19.1 Å². The lowest BCUT2D eigenvalue weighted by atomic mass is 9.85. The minimum Gasteiger partial charge on any atom is -0.422 e. The smallest absolute Gasteiger partial charge is 0.343 e. The average molecular weight is 409 g/mol. The van der Waals surface area contributed by atoms with Crippen molar-refractivity contribution in [2.75, 3.05) is 4.90 Å². The van der Waals surface area contributed by atoms with Crippen molar-refractivity contribution in [2.45, 2.75) is 6.42 Å². The van der Waals surface area contributed by atoms with E-state index in [0.717, 1.165) is 17.2 Å². The molecule has 3 aliphatic rings. The third-order valence-corrected chi connectivity index (χ3v) is 6.76. The van der Waals surface area contributed by atoms with Crippen LogP contribution in [-0.2, 0) is 9.59 Å². The van der Waals surface area contributed by atoms with Crippen LogP contribution in [0.3, 0.4) is 0 Å². The first kappa shape index (κ1) is 18.1. The maximum absolute atomic E-state index is 13.1. The number of rotatable bonds is 3. The first-order valence-corrected chi connectivity index (χ1v) is 10.5. The summed E-state index contributed by atoms with van der Waals surface area (Å²) >= 11 is 0. The largest absolute Gasteiger partial charge is 0.422 e. The number of allylic oxidation sites excluding steroid dienone is 2. The fraction of sp³-hybridized carbons (Fsp3) is 0.192. The van der Waals surface area contributed by atoms with Gasteiger partial charge in [-0.3, -0.25) is 9.59 Å². The van der Waals surface area contributed by atoms with E-state index in [9.17, 15) is 14.4 Å². The predicted molar refractivity (Wildman–Crippen MR) is 116 cm³/mol. The molecule has 2 fully saturated rings. The maximum Gasteiger partial charge on any atom is 0.343 e. The molecule has 1 saturated heterocycles. The number of benzene rings is 3. The topological polar surface area (TPSA) is 63.7 Å². The Hall–Kier alpha value is -3.73. The highest BCUT2D eigenvalue weighted by Gasteiger charge is 2.59. The van der Waals surface area contributed by atoms with Gasteiger partial charge in [-0.25, -0.2) is 9.69 Å². The zero-order chi connectivity index (χ0) is 21.1. The molecule has 1 heterocycles. The second-order valence-electron chi connectivity index (χ2n) is 8.43. The van der Waals surface area contributed by atoms with E-state index in [-0.39, 0.29) is 35.5 Å². The number of ether oxygens (including phenoxy) is 1. The average Bonchev–Trinajstić information content (AvgIpc) is 3.48. The summed E-state index contributed by atoms with van der Waals surface area (Å²) in [4.78, 5) is 40.3. The Morgan fingerprint density at radius 2 is 1.52 bits per heavy atom. The lowest BCUT2D eigenvalue weighted by Crippen LogP contribution is -2.33. The minimum atomic E-state index is -0.528. The molecule has 0 N–H and O–H groups in total. The van der Waals surface area contributed by atoms with Gasteiger partial charge >= 0.3 is 5.97 Å². The minimum absolute atomic E-state index is 0.149. The molecule has 5 nitrogen and oxygen atoms in total. The van der Waals surface area contributed by atoms with Gasteiger partial charge in [0.2, 0.25) is 11.8 Å². The highest BCUT2D eigenvalue weighted by Crippen LogP contribution is 2.53.